The predicted molar refractivity (Wildman–Crippen MR) is 65.8 cm³/mol. The summed E-state index contributed by atoms with van der Waals surface area (Å²) in [6.07, 6.45) is 1.11. The van der Waals surface area contributed by atoms with Crippen LogP contribution in [0.15, 0.2) is 18.2 Å². The van der Waals surface area contributed by atoms with Crippen molar-refractivity contribution in [2.75, 3.05) is 6.61 Å². The van der Waals surface area contributed by atoms with Gasteiger partial charge < -0.3 is 5.11 Å². The van der Waals surface area contributed by atoms with Crippen molar-refractivity contribution in [3.05, 3.63) is 34.3 Å². The van der Waals surface area contributed by atoms with Crippen LogP contribution in [0.25, 0.3) is 0 Å². The lowest BCUT2D eigenvalue weighted by Crippen LogP contribution is -2.15. The van der Waals surface area contributed by atoms with Crippen LogP contribution in [0, 0.1) is 12.8 Å². The summed E-state index contributed by atoms with van der Waals surface area (Å²) in [5.74, 6) is -0.0316. The normalized spacial score (nSPS) is 12.5. The third-order valence-corrected chi connectivity index (χ3v) is 3.08. The van der Waals surface area contributed by atoms with Crippen LogP contribution in [0.4, 0.5) is 0 Å². The molecular formula is C13H17ClO2. The van der Waals surface area contributed by atoms with Crippen molar-refractivity contribution >= 4 is 17.4 Å². The Bertz CT molecular complexity index is 374. The number of rotatable bonds is 5. The quantitative estimate of drug-likeness (QED) is 0.859. The first kappa shape index (κ1) is 13.2. The molecule has 0 aliphatic carbocycles. The molecule has 0 aromatic heterocycles. The first-order chi connectivity index (χ1) is 7.54. The van der Waals surface area contributed by atoms with Gasteiger partial charge >= 0.3 is 0 Å². The van der Waals surface area contributed by atoms with Gasteiger partial charge in [-0.05, 0) is 43.9 Å². The number of carbonyl (C=O) groups excluding carboxylic acids is 1. The Hall–Kier alpha value is -0.860. The Labute approximate surface area is 101 Å². The number of aliphatic hydroxyl groups is 1. The van der Waals surface area contributed by atoms with E-state index in [4.69, 9.17) is 16.7 Å². The number of Topliss-reactive ketones (excluding diaryl/α,β-unsaturated/α-hetero) is 1. The van der Waals surface area contributed by atoms with Crippen molar-refractivity contribution < 1.29 is 9.90 Å². The second kappa shape index (κ2) is 6.02. The Morgan fingerprint density at radius 2 is 2.19 bits per heavy atom. The lowest BCUT2D eigenvalue weighted by Gasteiger charge is -2.13. The number of halogens is 1. The van der Waals surface area contributed by atoms with Crippen LogP contribution in [0.5, 0.6) is 0 Å². The highest BCUT2D eigenvalue weighted by Crippen LogP contribution is 2.22. The summed E-state index contributed by atoms with van der Waals surface area (Å²) in [6, 6.07) is 5.83. The number of benzene rings is 1. The number of aliphatic hydroxyl groups excluding tert-OH is 1. The lowest BCUT2D eigenvalue weighted by molar-refractivity contribution is -0.121. The molecule has 0 aliphatic heterocycles. The van der Waals surface area contributed by atoms with Crippen molar-refractivity contribution in [1.29, 1.82) is 0 Å². The van der Waals surface area contributed by atoms with Gasteiger partial charge in [0.1, 0.15) is 5.78 Å². The van der Waals surface area contributed by atoms with Crippen molar-refractivity contribution in [2.24, 2.45) is 5.92 Å². The van der Waals surface area contributed by atoms with Crippen molar-refractivity contribution in [3.63, 3.8) is 0 Å². The number of hydrogen-bond donors (Lipinski definition) is 1. The highest BCUT2D eigenvalue weighted by atomic mass is 35.5. The van der Waals surface area contributed by atoms with Gasteiger partial charge in [-0.1, -0.05) is 23.7 Å². The highest BCUT2D eigenvalue weighted by Gasteiger charge is 2.15. The highest BCUT2D eigenvalue weighted by molar-refractivity contribution is 6.31. The van der Waals surface area contributed by atoms with Gasteiger partial charge in [-0.3, -0.25) is 4.79 Å². The lowest BCUT2D eigenvalue weighted by atomic mass is 9.93. The summed E-state index contributed by atoms with van der Waals surface area (Å²) in [5, 5.41) is 9.59. The topological polar surface area (TPSA) is 37.3 Å². The number of hydrogen-bond acceptors (Lipinski definition) is 2. The van der Waals surface area contributed by atoms with E-state index >= 15 is 0 Å². The zero-order valence-corrected chi connectivity index (χ0v) is 10.4. The average Bonchev–Trinajstić information content (AvgIpc) is 2.20. The molecule has 0 bridgehead atoms. The van der Waals surface area contributed by atoms with E-state index < -0.39 is 0 Å². The van der Waals surface area contributed by atoms with Crippen molar-refractivity contribution in [2.45, 2.75) is 26.7 Å². The van der Waals surface area contributed by atoms with Gasteiger partial charge in [0.05, 0.1) is 0 Å². The standard InChI is InChI=1S/C13H17ClO2/c1-9-3-4-12(13(14)7-9)8-11(5-6-15)10(2)16/h3-4,7,11,15H,5-6,8H2,1-2H3. The van der Waals surface area contributed by atoms with E-state index in [1.165, 1.54) is 0 Å². The van der Waals surface area contributed by atoms with Gasteiger partial charge in [0.25, 0.3) is 0 Å². The third-order valence-electron chi connectivity index (χ3n) is 2.73. The molecule has 3 heteroatoms. The minimum atomic E-state index is -0.134. The maximum absolute atomic E-state index is 11.4. The van der Waals surface area contributed by atoms with Gasteiger partial charge in [-0.25, -0.2) is 0 Å². The van der Waals surface area contributed by atoms with Crippen LogP contribution >= 0.6 is 11.6 Å². The molecule has 2 nitrogen and oxygen atoms in total. The molecular weight excluding hydrogens is 224 g/mol. The van der Waals surface area contributed by atoms with Gasteiger partial charge in [0, 0.05) is 17.5 Å². The summed E-state index contributed by atoms with van der Waals surface area (Å²) in [7, 11) is 0. The zero-order valence-electron chi connectivity index (χ0n) is 9.66. The molecule has 1 aromatic carbocycles. The van der Waals surface area contributed by atoms with E-state index in [2.05, 4.69) is 0 Å². The maximum atomic E-state index is 11.4. The van der Waals surface area contributed by atoms with E-state index in [-0.39, 0.29) is 18.3 Å². The molecule has 0 amide bonds. The fourth-order valence-electron chi connectivity index (χ4n) is 1.69. The van der Waals surface area contributed by atoms with E-state index in [1.54, 1.807) is 6.92 Å². The van der Waals surface area contributed by atoms with Crippen molar-refractivity contribution in [1.82, 2.24) is 0 Å². The predicted octanol–water partition coefficient (Wildman–Crippen LogP) is 2.78. The Morgan fingerprint density at radius 1 is 1.50 bits per heavy atom. The van der Waals surface area contributed by atoms with Gasteiger partial charge in [0.15, 0.2) is 0 Å². The summed E-state index contributed by atoms with van der Waals surface area (Å²) in [6.45, 7) is 3.57. The SMILES string of the molecule is CC(=O)C(CCO)Cc1ccc(C)cc1Cl. The molecule has 1 aromatic rings. The van der Waals surface area contributed by atoms with Crippen LogP contribution in [0.2, 0.25) is 5.02 Å². The van der Waals surface area contributed by atoms with Crippen LogP contribution in [-0.4, -0.2) is 17.5 Å². The number of ketones is 1. The minimum absolute atomic E-state index is 0.0354. The fourth-order valence-corrected chi connectivity index (χ4v) is 2.00. The monoisotopic (exact) mass is 240 g/mol. The van der Waals surface area contributed by atoms with Crippen LogP contribution in [-0.2, 0) is 11.2 Å². The summed E-state index contributed by atoms with van der Waals surface area (Å²) >= 11 is 6.10. The zero-order chi connectivity index (χ0) is 12.1. The Morgan fingerprint density at radius 3 is 2.69 bits per heavy atom. The first-order valence-electron chi connectivity index (χ1n) is 5.41. The van der Waals surface area contributed by atoms with Crippen LogP contribution in [0.1, 0.15) is 24.5 Å². The van der Waals surface area contributed by atoms with Crippen molar-refractivity contribution in [3.8, 4) is 0 Å². The van der Waals surface area contributed by atoms with Gasteiger partial charge in [-0.2, -0.15) is 0 Å². The molecule has 0 radical (unpaired) electrons. The number of aryl methyl sites for hydroxylation is 1. The molecule has 16 heavy (non-hydrogen) atoms. The maximum Gasteiger partial charge on any atom is 0.133 e. The smallest absolute Gasteiger partial charge is 0.133 e. The first-order valence-corrected chi connectivity index (χ1v) is 5.78. The molecule has 1 atom stereocenters. The molecule has 0 spiro atoms. The van der Waals surface area contributed by atoms with Crippen LogP contribution < -0.4 is 0 Å². The molecule has 88 valence electrons. The molecule has 0 aliphatic rings. The molecule has 0 saturated carbocycles. The Balaban J connectivity index is 2.81. The summed E-state index contributed by atoms with van der Waals surface area (Å²) in [4.78, 5) is 11.4. The molecule has 0 saturated heterocycles. The molecule has 0 fully saturated rings. The summed E-state index contributed by atoms with van der Waals surface area (Å²) in [5.41, 5.74) is 2.08. The van der Waals surface area contributed by atoms with E-state index in [0.717, 1.165) is 11.1 Å². The van der Waals surface area contributed by atoms with Gasteiger partial charge in [0.2, 0.25) is 0 Å². The number of carbonyl (C=O) groups is 1. The fraction of sp³-hybridized carbons (Fsp3) is 0.462. The second-order valence-electron chi connectivity index (χ2n) is 4.12. The van der Waals surface area contributed by atoms with E-state index in [9.17, 15) is 4.79 Å². The molecule has 0 heterocycles. The summed E-state index contributed by atoms with van der Waals surface area (Å²) < 4.78 is 0. The molecule has 1 unspecified atom stereocenters. The second-order valence-corrected chi connectivity index (χ2v) is 4.53. The minimum Gasteiger partial charge on any atom is -0.396 e. The van der Waals surface area contributed by atoms with E-state index in [1.807, 2.05) is 25.1 Å². The van der Waals surface area contributed by atoms with Gasteiger partial charge in [-0.15, -0.1) is 0 Å². The Kier molecular flexibility index (Phi) is 4.97. The molecule has 1 rings (SSSR count). The average molecular weight is 241 g/mol. The molecule has 1 N–H and O–H groups in total. The third kappa shape index (κ3) is 3.62. The van der Waals surface area contributed by atoms with E-state index in [0.29, 0.717) is 17.9 Å². The van der Waals surface area contributed by atoms with Crippen LogP contribution in [0.3, 0.4) is 0 Å². The largest absolute Gasteiger partial charge is 0.396 e.